The second-order valence-corrected chi connectivity index (χ2v) is 5.58. The van der Waals surface area contributed by atoms with Crippen molar-refractivity contribution in [1.82, 2.24) is 0 Å². The summed E-state index contributed by atoms with van der Waals surface area (Å²) in [5.41, 5.74) is 0. The molecule has 0 aliphatic carbocycles. The van der Waals surface area contributed by atoms with Crippen LogP contribution in [0, 0.1) is 0 Å². The van der Waals surface area contributed by atoms with Gasteiger partial charge in [0.15, 0.2) is 0 Å². The van der Waals surface area contributed by atoms with Crippen molar-refractivity contribution in [2.75, 3.05) is 0 Å². The molecular formula is C20H32O3. The quantitative estimate of drug-likeness (QED) is 0.263. The Morgan fingerprint density at radius 2 is 1.70 bits per heavy atom. The maximum absolute atomic E-state index is 10.3. The second-order valence-electron chi connectivity index (χ2n) is 5.58. The van der Waals surface area contributed by atoms with Gasteiger partial charge in [-0.25, -0.2) is 0 Å². The largest absolute Gasteiger partial charge is 0.481 e. The van der Waals surface area contributed by atoms with Crippen LogP contribution < -0.4 is 0 Å². The van der Waals surface area contributed by atoms with Gasteiger partial charge in [0, 0.05) is 6.42 Å². The number of aliphatic carboxylic acids is 1. The van der Waals surface area contributed by atoms with Crippen LogP contribution in [0.15, 0.2) is 48.6 Å². The minimum absolute atomic E-state index is 0.228. The third-order valence-electron chi connectivity index (χ3n) is 3.30. The summed E-state index contributed by atoms with van der Waals surface area (Å²) >= 11 is 0. The van der Waals surface area contributed by atoms with Crippen molar-refractivity contribution in [3.63, 3.8) is 0 Å². The lowest BCUT2D eigenvalue weighted by molar-refractivity contribution is -0.137. The predicted octanol–water partition coefficient (Wildman–Crippen LogP) is 5.19. The zero-order chi connectivity index (χ0) is 17.2. The van der Waals surface area contributed by atoms with Gasteiger partial charge in [-0.05, 0) is 38.5 Å². The number of carboxylic acids is 1. The fourth-order valence-corrected chi connectivity index (χ4v) is 1.95. The van der Waals surface area contributed by atoms with E-state index < -0.39 is 12.1 Å². The Hall–Kier alpha value is -1.61. The average Bonchev–Trinajstić information content (AvgIpc) is 2.52. The summed E-state index contributed by atoms with van der Waals surface area (Å²) < 4.78 is 0. The van der Waals surface area contributed by atoms with Gasteiger partial charge in [0.25, 0.3) is 0 Å². The molecule has 0 aliphatic heterocycles. The van der Waals surface area contributed by atoms with E-state index in [1.54, 1.807) is 0 Å². The lowest BCUT2D eigenvalue weighted by Crippen LogP contribution is -1.98. The first-order chi connectivity index (χ1) is 11.2. The highest BCUT2D eigenvalue weighted by Crippen LogP contribution is 2.02. The van der Waals surface area contributed by atoms with E-state index in [1.807, 2.05) is 42.5 Å². The minimum Gasteiger partial charge on any atom is -0.481 e. The molecule has 130 valence electrons. The summed E-state index contributed by atoms with van der Waals surface area (Å²) in [7, 11) is 0. The van der Waals surface area contributed by atoms with Gasteiger partial charge < -0.3 is 10.2 Å². The zero-order valence-electron chi connectivity index (χ0n) is 14.4. The summed E-state index contributed by atoms with van der Waals surface area (Å²) in [5.74, 6) is -0.740. The van der Waals surface area contributed by atoms with Crippen LogP contribution in [0.25, 0.3) is 0 Å². The highest BCUT2D eigenvalue weighted by Gasteiger charge is 1.93. The molecule has 0 saturated carbocycles. The number of allylic oxidation sites excluding steroid dienone is 6. The summed E-state index contributed by atoms with van der Waals surface area (Å²) in [6, 6.07) is 0. The molecule has 0 spiro atoms. The Kier molecular flexibility index (Phi) is 15.6. The highest BCUT2D eigenvalue weighted by molar-refractivity contribution is 5.66. The monoisotopic (exact) mass is 320 g/mol. The van der Waals surface area contributed by atoms with Gasteiger partial charge in [0.2, 0.25) is 0 Å². The molecule has 1 atom stereocenters. The molecule has 2 N–H and O–H groups in total. The van der Waals surface area contributed by atoms with Gasteiger partial charge in [-0.1, -0.05) is 68.4 Å². The van der Waals surface area contributed by atoms with Crippen LogP contribution in [0.5, 0.6) is 0 Å². The molecule has 0 aromatic rings. The number of aliphatic hydroxyl groups is 1. The van der Waals surface area contributed by atoms with E-state index in [4.69, 9.17) is 5.11 Å². The number of aliphatic hydroxyl groups excluding tert-OH is 1. The molecule has 0 heterocycles. The lowest BCUT2D eigenvalue weighted by atomic mass is 10.2. The highest BCUT2D eigenvalue weighted by atomic mass is 16.4. The summed E-state index contributed by atoms with van der Waals surface area (Å²) in [6.45, 7) is 2.20. The van der Waals surface area contributed by atoms with Crippen LogP contribution in [0.1, 0.15) is 64.7 Å². The molecule has 0 aliphatic rings. The first kappa shape index (κ1) is 21.4. The van der Waals surface area contributed by atoms with Crippen LogP contribution in [-0.2, 0) is 4.79 Å². The van der Waals surface area contributed by atoms with Crippen LogP contribution in [-0.4, -0.2) is 22.3 Å². The average molecular weight is 320 g/mol. The first-order valence-electron chi connectivity index (χ1n) is 8.70. The van der Waals surface area contributed by atoms with Crippen molar-refractivity contribution in [3.05, 3.63) is 48.6 Å². The number of hydrogen-bond donors (Lipinski definition) is 2. The molecular weight excluding hydrogens is 288 g/mol. The van der Waals surface area contributed by atoms with Crippen LogP contribution in [0.2, 0.25) is 0 Å². The lowest BCUT2D eigenvalue weighted by Gasteiger charge is -1.98. The van der Waals surface area contributed by atoms with Crippen molar-refractivity contribution in [1.29, 1.82) is 0 Å². The molecule has 0 aromatic carbocycles. The van der Waals surface area contributed by atoms with E-state index in [1.165, 1.54) is 19.3 Å². The molecule has 0 saturated heterocycles. The number of carboxylic acid groups (broad SMARTS) is 1. The summed E-state index contributed by atoms with van der Waals surface area (Å²) in [5, 5.41) is 18.3. The van der Waals surface area contributed by atoms with Crippen molar-refractivity contribution < 1.29 is 15.0 Å². The van der Waals surface area contributed by atoms with Crippen LogP contribution >= 0.6 is 0 Å². The molecule has 23 heavy (non-hydrogen) atoms. The molecule has 0 bridgehead atoms. The zero-order valence-corrected chi connectivity index (χ0v) is 14.4. The van der Waals surface area contributed by atoms with E-state index in [2.05, 4.69) is 13.0 Å². The Bertz CT molecular complexity index is 392. The van der Waals surface area contributed by atoms with E-state index in [0.717, 1.165) is 19.3 Å². The smallest absolute Gasteiger partial charge is 0.303 e. The van der Waals surface area contributed by atoms with E-state index in [0.29, 0.717) is 12.8 Å². The third kappa shape index (κ3) is 18.3. The minimum atomic E-state index is -0.740. The molecule has 0 rings (SSSR count). The van der Waals surface area contributed by atoms with Gasteiger partial charge >= 0.3 is 5.97 Å². The van der Waals surface area contributed by atoms with Crippen molar-refractivity contribution >= 4 is 5.97 Å². The Morgan fingerprint density at radius 3 is 2.43 bits per heavy atom. The van der Waals surface area contributed by atoms with Gasteiger partial charge in [-0.3, -0.25) is 4.79 Å². The molecule has 3 nitrogen and oxygen atoms in total. The molecule has 0 aromatic heterocycles. The molecule has 0 unspecified atom stereocenters. The number of carbonyl (C=O) groups is 1. The summed E-state index contributed by atoms with van der Waals surface area (Å²) in [6.07, 6.45) is 23.5. The van der Waals surface area contributed by atoms with Crippen LogP contribution in [0.3, 0.4) is 0 Å². The predicted molar refractivity (Wildman–Crippen MR) is 97.4 cm³/mol. The topological polar surface area (TPSA) is 57.5 Å². The van der Waals surface area contributed by atoms with Crippen LogP contribution in [0.4, 0.5) is 0 Å². The SMILES string of the molecule is CCCCC/C=C/C=C/[C@H](O)C/C=C\C/C=C\CCCC(=O)O. The normalized spacial score (nSPS) is 13.8. The molecule has 0 amide bonds. The summed E-state index contributed by atoms with van der Waals surface area (Å²) in [4.78, 5) is 10.3. The van der Waals surface area contributed by atoms with Crippen molar-refractivity contribution in [2.24, 2.45) is 0 Å². The standard InChI is InChI=1S/C20H32O3/c1-2-3-4-5-7-10-13-16-19(21)17-14-11-8-6-9-12-15-18-20(22)23/h6-7,9-11,13-14,16,19,21H,2-5,8,12,15,17-18H2,1H3,(H,22,23)/b9-6-,10-7+,14-11-,16-13+/t19-/m0/s1. The fraction of sp³-hybridized carbons (Fsp3) is 0.550. The van der Waals surface area contributed by atoms with Gasteiger partial charge in [0.1, 0.15) is 0 Å². The number of rotatable bonds is 14. The first-order valence-corrected chi connectivity index (χ1v) is 8.70. The maximum atomic E-state index is 10.3. The Labute approximate surface area is 141 Å². The maximum Gasteiger partial charge on any atom is 0.303 e. The number of hydrogen-bond acceptors (Lipinski definition) is 2. The fourth-order valence-electron chi connectivity index (χ4n) is 1.95. The molecule has 0 fully saturated rings. The van der Waals surface area contributed by atoms with E-state index >= 15 is 0 Å². The van der Waals surface area contributed by atoms with Crippen molar-refractivity contribution in [2.45, 2.75) is 70.8 Å². The van der Waals surface area contributed by atoms with E-state index in [9.17, 15) is 9.90 Å². The molecule has 0 radical (unpaired) electrons. The van der Waals surface area contributed by atoms with E-state index in [-0.39, 0.29) is 6.42 Å². The van der Waals surface area contributed by atoms with Crippen molar-refractivity contribution in [3.8, 4) is 0 Å². The van der Waals surface area contributed by atoms with Gasteiger partial charge in [-0.2, -0.15) is 0 Å². The Balaban J connectivity index is 3.61. The van der Waals surface area contributed by atoms with Gasteiger partial charge in [0.05, 0.1) is 6.10 Å². The second kappa shape index (κ2) is 16.8. The van der Waals surface area contributed by atoms with Gasteiger partial charge in [-0.15, -0.1) is 0 Å². The Morgan fingerprint density at radius 1 is 0.957 bits per heavy atom. The third-order valence-corrected chi connectivity index (χ3v) is 3.30. The molecule has 3 heteroatoms. The number of unbranched alkanes of at least 4 members (excludes halogenated alkanes) is 4.